The number of nitrogens with one attached hydrogen (secondary N) is 2. The lowest BCUT2D eigenvalue weighted by atomic mass is 9.96. The van der Waals surface area contributed by atoms with Crippen molar-refractivity contribution in [1.29, 1.82) is 0 Å². The van der Waals surface area contributed by atoms with Crippen molar-refractivity contribution in [2.45, 2.75) is 13.0 Å². The maximum Gasteiger partial charge on any atom is 0.316 e. The Hall–Kier alpha value is -3.06. The van der Waals surface area contributed by atoms with Crippen LogP contribution in [0, 0.1) is 0 Å². The Balaban J connectivity index is 1.89. The van der Waals surface area contributed by atoms with Crippen LogP contribution in [0.3, 0.4) is 0 Å². The van der Waals surface area contributed by atoms with E-state index in [1.54, 1.807) is 0 Å². The fourth-order valence-corrected chi connectivity index (χ4v) is 3.57. The lowest BCUT2D eigenvalue weighted by molar-refractivity contribution is -0.137. The molecular weight excluding hydrogens is 374 g/mol. The van der Waals surface area contributed by atoms with Crippen molar-refractivity contribution < 1.29 is 14.3 Å². The predicted octanol–water partition coefficient (Wildman–Crippen LogP) is 3.51. The molecule has 28 heavy (non-hydrogen) atoms. The van der Waals surface area contributed by atoms with Gasteiger partial charge in [-0.3, -0.25) is 9.59 Å². The van der Waals surface area contributed by atoms with E-state index < -0.39 is 6.04 Å². The van der Waals surface area contributed by atoms with Gasteiger partial charge < -0.3 is 15.4 Å². The summed E-state index contributed by atoms with van der Waals surface area (Å²) in [5.74, 6) is -0.409. The molecule has 0 radical (unpaired) electrons. The summed E-state index contributed by atoms with van der Waals surface area (Å²) >= 11 is 1.25. The van der Waals surface area contributed by atoms with Crippen LogP contribution in [0.2, 0.25) is 0 Å². The van der Waals surface area contributed by atoms with E-state index in [0.29, 0.717) is 16.4 Å². The quantitative estimate of drug-likeness (QED) is 0.758. The Labute approximate surface area is 168 Å². The van der Waals surface area contributed by atoms with Crippen LogP contribution in [0.15, 0.2) is 76.9 Å². The van der Waals surface area contributed by atoms with E-state index in [9.17, 15) is 9.59 Å². The lowest BCUT2D eigenvalue weighted by Crippen LogP contribution is -2.32. The van der Waals surface area contributed by atoms with Crippen LogP contribution in [-0.2, 0) is 14.3 Å². The van der Waals surface area contributed by atoms with Gasteiger partial charge in [0, 0.05) is 11.4 Å². The van der Waals surface area contributed by atoms with Gasteiger partial charge in [-0.05, 0) is 24.6 Å². The van der Waals surface area contributed by atoms with Crippen LogP contribution < -0.4 is 10.6 Å². The van der Waals surface area contributed by atoms with E-state index in [1.165, 1.54) is 18.9 Å². The molecule has 0 saturated heterocycles. The first-order valence-electron chi connectivity index (χ1n) is 8.75. The summed E-state index contributed by atoms with van der Waals surface area (Å²) in [6.07, 6.45) is 0. The Bertz CT molecular complexity index is 911. The minimum Gasteiger partial charge on any atom is -0.468 e. The molecule has 1 heterocycles. The smallest absolute Gasteiger partial charge is 0.316 e. The second-order valence-electron chi connectivity index (χ2n) is 6.10. The molecule has 0 bridgehead atoms. The summed E-state index contributed by atoms with van der Waals surface area (Å²) in [5.41, 5.74) is 2.86. The molecule has 0 saturated carbocycles. The molecular formula is C21H21N3O3S. The van der Waals surface area contributed by atoms with Gasteiger partial charge in [-0.15, -0.1) is 0 Å². The molecule has 0 spiro atoms. The SMILES string of the molecule is COC(=O)CSC1=N[C@H](c2ccccc2)C(C(=O)Nc2ccccc2)=C(C)N1. The van der Waals surface area contributed by atoms with Gasteiger partial charge in [0.25, 0.3) is 5.91 Å². The van der Waals surface area contributed by atoms with Crippen molar-refractivity contribution in [2.75, 3.05) is 18.2 Å². The van der Waals surface area contributed by atoms with E-state index in [1.807, 2.05) is 67.6 Å². The van der Waals surface area contributed by atoms with Crippen molar-refractivity contribution in [3.8, 4) is 0 Å². The van der Waals surface area contributed by atoms with Crippen molar-refractivity contribution in [3.05, 3.63) is 77.5 Å². The summed E-state index contributed by atoms with van der Waals surface area (Å²) in [5, 5.41) is 6.64. The number of carbonyl (C=O) groups excluding carboxylic acids is 2. The number of anilines is 1. The molecule has 1 aliphatic heterocycles. The molecule has 144 valence electrons. The zero-order valence-electron chi connectivity index (χ0n) is 15.6. The van der Waals surface area contributed by atoms with Gasteiger partial charge in [-0.1, -0.05) is 60.3 Å². The normalized spacial score (nSPS) is 16.1. The number of esters is 1. The average Bonchev–Trinajstić information content (AvgIpc) is 2.72. The summed E-state index contributed by atoms with van der Waals surface area (Å²) in [4.78, 5) is 29.2. The van der Waals surface area contributed by atoms with Crippen LogP contribution in [0.4, 0.5) is 5.69 Å². The number of benzene rings is 2. The van der Waals surface area contributed by atoms with E-state index in [-0.39, 0.29) is 17.6 Å². The molecule has 0 aromatic heterocycles. The fourth-order valence-electron chi connectivity index (χ4n) is 2.80. The molecule has 7 heteroatoms. The van der Waals surface area contributed by atoms with Crippen LogP contribution in [0.25, 0.3) is 0 Å². The first kappa shape index (κ1) is 19.7. The third-order valence-electron chi connectivity index (χ3n) is 4.16. The summed E-state index contributed by atoms with van der Waals surface area (Å²) in [6, 6.07) is 18.4. The Morgan fingerprint density at radius 2 is 1.75 bits per heavy atom. The number of ether oxygens (including phenoxy) is 1. The molecule has 1 aliphatic rings. The van der Waals surface area contributed by atoms with Gasteiger partial charge in [0.2, 0.25) is 0 Å². The molecule has 2 aromatic carbocycles. The van der Waals surface area contributed by atoms with Gasteiger partial charge in [0.15, 0.2) is 5.17 Å². The van der Waals surface area contributed by atoms with Crippen LogP contribution in [0.5, 0.6) is 0 Å². The van der Waals surface area contributed by atoms with Gasteiger partial charge in [-0.2, -0.15) is 0 Å². The molecule has 1 atom stereocenters. The highest BCUT2D eigenvalue weighted by Gasteiger charge is 2.29. The number of methoxy groups -OCH3 is 1. The van der Waals surface area contributed by atoms with Crippen molar-refractivity contribution in [3.63, 3.8) is 0 Å². The number of carbonyl (C=O) groups is 2. The second kappa shape index (κ2) is 9.23. The molecule has 3 rings (SSSR count). The highest BCUT2D eigenvalue weighted by atomic mass is 32.2. The molecule has 2 N–H and O–H groups in total. The lowest BCUT2D eigenvalue weighted by Gasteiger charge is -2.26. The van der Waals surface area contributed by atoms with Crippen molar-refractivity contribution >= 4 is 34.5 Å². The number of amides is 1. The van der Waals surface area contributed by atoms with Crippen molar-refractivity contribution in [1.82, 2.24) is 5.32 Å². The van der Waals surface area contributed by atoms with Crippen LogP contribution >= 0.6 is 11.8 Å². The maximum absolute atomic E-state index is 13.0. The minimum atomic E-state index is -0.466. The summed E-state index contributed by atoms with van der Waals surface area (Å²) < 4.78 is 4.69. The second-order valence-corrected chi connectivity index (χ2v) is 7.06. The molecule has 0 unspecified atom stereocenters. The van der Waals surface area contributed by atoms with E-state index >= 15 is 0 Å². The predicted molar refractivity (Wildman–Crippen MR) is 112 cm³/mol. The molecule has 6 nitrogen and oxygen atoms in total. The zero-order valence-corrected chi connectivity index (χ0v) is 16.5. The first-order valence-corrected chi connectivity index (χ1v) is 9.73. The minimum absolute atomic E-state index is 0.142. The van der Waals surface area contributed by atoms with Gasteiger partial charge in [0.1, 0.15) is 6.04 Å². The monoisotopic (exact) mass is 395 g/mol. The number of amidine groups is 1. The standard InChI is InChI=1S/C21H21N3O3S/c1-14-18(20(26)23-16-11-7-4-8-12-16)19(15-9-5-3-6-10-15)24-21(22-14)28-13-17(25)27-2/h3-12,19H,13H2,1-2H3,(H,22,24)(H,23,26)/t19-/m1/s1. The number of aliphatic imine (C=N–C) groups is 1. The third-order valence-corrected chi connectivity index (χ3v) is 5.03. The topological polar surface area (TPSA) is 79.8 Å². The summed E-state index contributed by atoms with van der Waals surface area (Å²) in [6.45, 7) is 1.84. The average molecular weight is 395 g/mol. The van der Waals surface area contributed by atoms with Gasteiger partial charge in [0.05, 0.1) is 18.4 Å². The molecule has 0 fully saturated rings. The summed E-state index contributed by atoms with van der Waals surface area (Å²) in [7, 11) is 1.35. The molecule has 1 amide bonds. The van der Waals surface area contributed by atoms with Crippen molar-refractivity contribution in [2.24, 2.45) is 4.99 Å². The fraction of sp³-hybridized carbons (Fsp3) is 0.190. The number of nitrogens with zero attached hydrogens (tertiary/aromatic N) is 1. The van der Waals surface area contributed by atoms with Crippen LogP contribution in [-0.4, -0.2) is 29.9 Å². The number of rotatable bonds is 5. The molecule has 2 aromatic rings. The highest BCUT2D eigenvalue weighted by molar-refractivity contribution is 8.14. The Morgan fingerprint density at radius 3 is 2.39 bits per heavy atom. The number of hydrogen-bond acceptors (Lipinski definition) is 6. The molecule has 0 aliphatic carbocycles. The number of allylic oxidation sites excluding steroid dienone is 1. The van der Waals surface area contributed by atoms with E-state index in [4.69, 9.17) is 4.99 Å². The van der Waals surface area contributed by atoms with Gasteiger partial charge >= 0.3 is 5.97 Å². The number of hydrogen-bond donors (Lipinski definition) is 2. The van der Waals surface area contributed by atoms with Gasteiger partial charge in [-0.25, -0.2) is 4.99 Å². The number of para-hydroxylation sites is 1. The first-order chi connectivity index (χ1) is 13.6. The number of thioether (sulfide) groups is 1. The van der Waals surface area contributed by atoms with E-state index in [2.05, 4.69) is 15.4 Å². The Morgan fingerprint density at radius 1 is 1.11 bits per heavy atom. The zero-order chi connectivity index (χ0) is 19.9. The van der Waals surface area contributed by atoms with Crippen LogP contribution in [0.1, 0.15) is 18.5 Å². The Kier molecular flexibility index (Phi) is 6.49. The maximum atomic E-state index is 13.0. The van der Waals surface area contributed by atoms with E-state index in [0.717, 1.165) is 11.3 Å². The third kappa shape index (κ3) is 4.80. The largest absolute Gasteiger partial charge is 0.468 e. The highest BCUT2D eigenvalue weighted by Crippen LogP contribution is 2.32.